The predicted molar refractivity (Wildman–Crippen MR) is 66.3 cm³/mol. The normalized spacial score (nSPS) is 18.6. The van der Waals surface area contributed by atoms with Crippen molar-refractivity contribution in [3.63, 3.8) is 0 Å². The molecule has 2 aromatic rings. The molecule has 1 atom stereocenters. The van der Waals surface area contributed by atoms with Crippen molar-refractivity contribution in [2.45, 2.75) is 25.5 Å². The van der Waals surface area contributed by atoms with Crippen LogP contribution in [0.15, 0.2) is 28.8 Å². The molecule has 20 heavy (non-hydrogen) atoms. The zero-order valence-electron chi connectivity index (χ0n) is 10.6. The summed E-state index contributed by atoms with van der Waals surface area (Å²) in [6.07, 6.45) is 1.98. The van der Waals surface area contributed by atoms with Gasteiger partial charge in [-0.15, -0.1) is 0 Å². The summed E-state index contributed by atoms with van der Waals surface area (Å²) >= 11 is 0. The zero-order valence-corrected chi connectivity index (χ0v) is 10.6. The van der Waals surface area contributed by atoms with E-state index in [1.54, 1.807) is 18.2 Å². The molecule has 0 unspecified atom stereocenters. The number of hydrogen-bond donors (Lipinski definition) is 1. The van der Waals surface area contributed by atoms with Crippen molar-refractivity contribution >= 4 is 0 Å². The van der Waals surface area contributed by atoms with Gasteiger partial charge in [0.1, 0.15) is 5.75 Å². The van der Waals surface area contributed by atoms with Gasteiger partial charge in [0.2, 0.25) is 11.7 Å². The van der Waals surface area contributed by atoms with Gasteiger partial charge in [0, 0.05) is 0 Å². The molecule has 1 aliphatic heterocycles. The lowest BCUT2D eigenvalue weighted by Gasteiger charge is -2.07. The number of ether oxygens (including phenoxy) is 1. The van der Waals surface area contributed by atoms with E-state index in [9.17, 15) is 8.78 Å². The Labute approximate surface area is 113 Å². The maximum atomic E-state index is 12.4. The Balaban J connectivity index is 1.89. The van der Waals surface area contributed by atoms with Gasteiger partial charge in [0.05, 0.1) is 11.6 Å². The largest absolute Gasteiger partial charge is 0.434 e. The molecule has 7 heteroatoms. The van der Waals surface area contributed by atoms with E-state index in [0.717, 1.165) is 19.4 Å². The van der Waals surface area contributed by atoms with Gasteiger partial charge in [-0.3, -0.25) is 0 Å². The van der Waals surface area contributed by atoms with E-state index in [4.69, 9.17) is 4.52 Å². The Bertz CT molecular complexity index is 583. The maximum absolute atomic E-state index is 12.4. The number of aromatic nitrogens is 2. The van der Waals surface area contributed by atoms with Crippen LogP contribution in [0.4, 0.5) is 8.78 Å². The van der Waals surface area contributed by atoms with Crippen LogP contribution in [0.25, 0.3) is 11.4 Å². The summed E-state index contributed by atoms with van der Waals surface area (Å²) < 4.78 is 34.4. The summed E-state index contributed by atoms with van der Waals surface area (Å²) in [5.74, 6) is 0.767. The summed E-state index contributed by atoms with van der Waals surface area (Å²) in [6.45, 7) is -1.98. The van der Waals surface area contributed by atoms with E-state index in [1.807, 2.05) is 0 Å². The minimum absolute atomic E-state index is 0.0363. The van der Waals surface area contributed by atoms with E-state index in [0.29, 0.717) is 11.5 Å². The smallest absolute Gasteiger partial charge is 0.387 e. The van der Waals surface area contributed by atoms with Crippen molar-refractivity contribution in [2.24, 2.45) is 0 Å². The van der Waals surface area contributed by atoms with Gasteiger partial charge >= 0.3 is 6.61 Å². The molecule has 1 aromatic heterocycles. The lowest BCUT2D eigenvalue weighted by molar-refractivity contribution is -0.0494. The van der Waals surface area contributed by atoms with Crippen molar-refractivity contribution in [1.29, 1.82) is 0 Å². The third-order valence-corrected chi connectivity index (χ3v) is 3.14. The highest BCUT2D eigenvalue weighted by Crippen LogP contribution is 2.30. The third-order valence-electron chi connectivity index (χ3n) is 3.14. The first-order valence-electron chi connectivity index (χ1n) is 6.35. The van der Waals surface area contributed by atoms with Crippen LogP contribution >= 0.6 is 0 Å². The Morgan fingerprint density at radius 3 is 2.95 bits per heavy atom. The molecule has 0 radical (unpaired) electrons. The van der Waals surface area contributed by atoms with Crippen molar-refractivity contribution in [3.05, 3.63) is 30.2 Å². The molecule has 1 saturated heterocycles. The van der Waals surface area contributed by atoms with Gasteiger partial charge in [-0.2, -0.15) is 13.8 Å². The molecule has 5 nitrogen and oxygen atoms in total. The van der Waals surface area contributed by atoms with Crippen LogP contribution < -0.4 is 10.1 Å². The molecule has 0 saturated carbocycles. The van der Waals surface area contributed by atoms with Crippen molar-refractivity contribution in [3.8, 4) is 17.1 Å². The van der Waals surface area contributed by atoms with Gasteiger partial charge < -0.3 is 14.6 Å². The zero-order chi connectivity index (χ0) is 13.9. The summed E-state index contributed by atoms with van der Waals surface area (Å²) in [6, 6.07) is 6.43. The summed E-state index contributed by atoms with van der Waals surface area (Å²) in [5.41, 5.74) is 0.390. The Morgan fingerprint density at radius 2 is 2.20 bits per heavy atom. The van der Waals surface area contributed by atoms with Crippen LogP contribution in [0.3, 0.4) is 0 Å². The van der Waals surface area contributed by atoms with Crippen molar-refractivity contribution in [1.82, 2.24) is 15.5 Å². The molecular weight excluding hydrogens is 268 g/mol. The molecule has 0 amide bonds. The number of para-hydroxylation sites is 1. The van der Waals surface area contributed by atoms with E-state index in [1.165, 1.54) is 6.07 Å². The van der Waals surface area contributed by atoms with Crippen molar-refractivity contribution < 1.29 is 18.0 Å². The number of nitrogens with one attached hydrogen (secondary N) is 1. The molecule has 0 bridgehead atoms. The second-order valence-corrected chi connectivity index (χ2v) is 4.48. The average molecular weight is 281 g/mol. The van der Waals surface area contributed by atoms with Crippen LogP contribution in [0.5, 0.6) is 5.75 Å². The number of rotatable bonds is 4. The standard InChI is InChI=1S/C13H13F2N3O2/c14-13(15)19-10-6-2-1-4-8(10)11-17-12(20-18-11)9-5-3-7-16-9/h1-2,4,6,9,13,16H,3,5,7H2/t9-/m0/s1. The molecule has 106 valence electrons. The van der Waals surface area contributed by atoms with Gasteiger partial charge in [0.15, 0.2) is 0 Å². The Kier molecular flexibility index (Phi) is 3.60. The highest BCUT2D eigenvalue weighted by atomic mass is 19.3. The minimum atomic E-state index is -2.89. The fourth-order valence-corrected chi connectivity index (χ4v) is 2.23. The molecule has 1 N–H and O–H groups in total. The lowest BCUT2D eigenvalue weighted by atomic mass is 10.2. The maximum Gasteiger partial charge on any atom is 0.387 e. The summed E-state index contributed by atoms with van der Waals surface area (Å²) in [5, 5.41) is 7.08. The topological polar surface area (TPSA) is 60.2 Å². The first-order chi connectivity index (χ1) is 9.74. The van der Waals surface area contributed by atoms with E-state index < -0.39 is 6.61 Å². The quantitative estimate of drug-likeness (QED) is 0.933. The number of alkyl halides is 2. The molecule has 0 aliphatic carbocycles. The third kappa shape index (κ3) is 2.62. The van der Waals surface area contributed by atoms with Gasteiger partial charge in [-0.1, -0.05) is 17.3 Å². The van der Waals surface area contributed by atoms with Crippen LogP contribution in [0.1, 0.15) is 24.8 Å². The Hall–Kier alpha value is -2.02. The molecule has 1 aromatic carbocycles. The Morgan fingerprint density at radius 1 is 1.35 bits per heavy atom. The van der Waals surface area contributed by atoms with Gasteiger partial charge in [-0.25, -0.2) is 0 Å². The SMILES string of the molecule is FC(F)Oc1ccccc1-c1noc([C@@H]2CCCN2)n1. The highest BCUT2D eigenvalue weighted by molar-refractivity contribution is 5.63. The van der Waals surface area contributed by atoms with E-state index >= 15 is 0 Å². The van der Waals surface area contributed by atoms with Crippen molar-refractivity contribution in [2.75, 3.05) is 6.54 Å². The summed E-state index contributed by atoms with van der Waals surface area (Å²) in [7, 11) is 0. The van der Waals surface area contributed by atoms with Gasteiger partial charge in [-0.05, 0) is 31.5 Å². The van der Waals surface area contributed by atoms with E-state index in [2.05, 4.69) is 20.2 Å². The van der Waals surface area contributed by atoms with Crippen LogP contribution in [-0.2, 0) is 0 Å². The second-order valence-electron chi connectivity index (χ2n) is 4.48. The van der Waals surface area contributed by atoms with Gasteiger partial charge in [0.25, 0.3) is 0 Å². The number of nitrogens with zero attached hydrogens (tertiary/aromatic N) is 2. The first-order valence-corrected chi connectivity index (χ1v) is 6.35. The lowest BCUT2D eigenvalue weighted by Crippen LogP contribution is -2.13. The van der Waals surface area contributed by atoms with E-state index in [-0.39, 0.29) is 17.6 Å². The van der Waals surface area contributed by atoms with Crippen LogP contribution in [0, 0.1) is 0 Å². The number of hydrogen-bond acceptors (Lipinski definition) is 5. The molecule has 3 rings (SSSR count). The monoisotopic (exact) mass is 281 g/mol. The predicted octanol–water partition coefficient (Wildman–Crippen LogP) is 2.76. The molecule has 0 spiro atoms. The number of halogens is 2. The molecule has 1 fully saturated rings. The number of benzene rings is 1. The fourth-order valence-electron chi connectivity index (χ4n) is 2.23. The minimum Gasteiger partial charge on any atom is -0.434 e. The molecule has 2 heterocycles. The molecule has 1 aliphatic rings. The fraction of sp³-hybridized carbons (Fsp3) is 0.385. The average Bonchev–Trinajstić information content (AvgIpc) is 3.10. The van der Waals surface area contributed by atoms with Crippen LogP contribution in [0.2, 0.25) is 0 Å². The first kappa shape index (κ1) is 13.0. The summed E-state index contributed by atoms with van der Waals surface area (Å²) in [4.78, 5) is 4.27. The molecular formula is C13H13F2N3O2. The second kappa shape index (κ2) is 5.54. The highest BCUT2D eigenvalue weighted by Gasteiger charge is 2.23. The van der Waals surface area contributed by atoms with Crippen LogP contribution in [-0.4, -0.2) is 23.3 Å².